The van der Waals surface area contributed by atoms with E-state index in [-0.39, 0.29) is 18.4 Å². The lowest BCUT2D eigenvalue weighted by molar-refractivity contribution is 0.138. The van der Waals surface area contributed by atoms with E-state index in [2.05, 4.69) is 45.0 Å². The highest BCUT2D eigenvalue weighted by atomic mass is 35.5. The predicted octanol–water partition coefficient (Wildman–Crippen LogP) is 5.37. The molecule has 2 atom stereocenters. The molecule has 2 heterocycles. The maximum atomic E-state index is 10.4. The Kier molecular flexibility index (Phi) is 7.88. The van der Waals surface area contributed by atoms with Crippen LogP contribution in [0.1, 0.15) is 29.7 Å². The van der Waals surface area contributed by atoms with Gasteiger partial charge in [0.05, 0.1) is 6.10 Å². The summed E-state index contributed by atoms with van der Waals surface area (Å²) in [5.41, 5.74) is 4.68. The minimum absolute atomic E-state index is 0. The SMILES string of the molecule is CC(NCC=C(c1ccsc1)c1ccsc1)C(O)c1ccccc1.Cl. The van der Waals surface area contributed by atoms with Crippen molar-refractivity contribution in [3.05, 3.63) is 86.8 Å². The van der Waals surface area contributed by atoms with Gasteiger partial charge in [-0.25, -0.2) is 0 Å². The zero-order valence-corrected chi connectivity index (χ0v) is 16.4. The number of nitrogens with one attached hydrogen (secondary N) is 1. The van der Waals surface area contributed by atoms with Gasteiger partial charge in [0.25, 0.3) is 0 Å². The van der Waals surface area contributed by atoms with Gasteiger partial charge in [0.15, 0.2) is 0 Å². The Morgan fingerprint density at radius 1 is 1.04 bits per heavy atom. The van der Waals surface area contributed by atoms with Gasteiger partial charge >= 0.3 is 0 Å². The molecule has 0 aliphatic carbocycles. The van der Waals surface area contributed by atoms with Crippen LogP contribution in [0.4, 0.5) is 0 Å². The molecule has 0 saturated heterocycles. The minimum atomic E-state index is -0.509. The molecule has 0 spiro atoms. The van der Waals surface area contributed by atoms with Crippen molar-refractivity contribution in [2.75, 3.05) is 6.54 Å². The van der Waals surface area contributed by atoms with Gasteiger partial charge in [0.2, 0.25) is 0 Å². The summed E-state index contributed by atoms with van der Waals surface area (Å²) in [4.78, 5) is 0. The summed E-state index contributed by atoms with van der Waals surface area (Å²) in [6, 6.07) is 14.1. The highest BCUT2D eigenvalue weighted by Gasteiger charge is 2.15. The third-order valence-electron chi connectivity index (χ3n) is 4.03. The Morgan fingerprint density at radius 3 is 2.16 bits per heavy atom. The van der Waals surface area contributed by atoms with Gasteiger partial charge in [-0.1, -0.05) is 36.4 Å². The highest BCUT2D eigenvalue weighted by molar-refractivity contribution is 7.08. The highest BCUT2D eigenvalue weighted by Crippen LogP contribution is 2.26. The van der Waals surface area contributed by atoms with E-state index in [0.717, 1.165) is 5.56 Å². The zero-order chi connectivity index (χ0) is 16.8. The van der Waals surface area contributed by atoms with Crippen LogP contribution in [-0.4, -0.2) is 17.7 Å². The molecule has 2 aromatic heterocycles. The molecule has 1 aromatic carbocycles. The second-order valence-electron chi connectivity index (χ2n) is 5.69. The van der Waals surface area contributed by atoms with E-state index in [1.54, 1.807) is 22.7 Å². The van der Waals surface area contributed by atoms with Gasteiger partial charge in [-0.2, -0.15) is 22.7 Å². The van der Waals surface area contributed by atoms with Gasteiger partial charge < -0.3 is 10.4 Å². The topological polar surface area (TPSA) is 32.3 Å². The molecule has 0 aliphatic heterocycles. The lowest BCUT2D eigenvalue weighted by Gasteiger charge is -2.20. The molecule has 5 heteroatoms. The number of aliphatic hydroxyl groups is 1. The number of hydrogen-bond donors (Lipinski definition) is 2. The van der Waals surface area contributed by atoms with Crippen molar-refractivity contribution < 1.29 is 5.11 Å². The van der Waals surface area contributed by atoms with Crippen molar-refractivity contribution in [3.8, 4) is 0 Å². The first-order valence-electron chi connectivity index (χ1n) is 7.97. The van der Waals surface area contributed by atoms with Crippen molar-refractivity contribution in [2.45, 2.75) is 19.1 Å². The Bertz CT molecular complexity index is 718. The van der Waals surface area contributed by atoms with Crippen LogP contribution >= 0.6 is 35.1 Å². The van der Waals surface area contributed by atoms with Crippen LogP contribution in [0.5, 0.6) is 0 Å². The average molecular weight is 392 g/mol. The van der Waals surface area contributed by atoms with Gasteiger partial charge in [-0.05, 0) is 62.8 Å². The van der Waals surface area contributed by atoms with Crippen molar-refractivity contribution in [2.24, 2.45) is 0 Å². The van der Waals surface area contributed by atoms with Crippen molar-refractivity contribution >= 4 is 40.7 Å². The van der Waals surface area contributed by atoms with Gasteiger partial charge in [-0.15, -0.1) is 12.4 Å². The molecule has 2 N–H and O–H groups in total. The van der Waals surface area contributed by atoms with Crippen LogP contribution in [0, 0.1) is 0 Å². The number of benzene rings is 1. The quantitative estimate of drug-likeness (QED) is 0.567. The number of halogens is 1. The maximum absolute atomic E-state index is 10.4. The molecule has 0 saturated carbocycles. The van der Waals surface area contributed by atoms with Gasteiger partial charge in [0.1, 0.15) is 0 Å². The molecule has 25 heavy (non-hydrogen) atoms. The summed E-state index contributed by atoms with van der Waals surface area (Å²) >= 11 is 3.42. The van der Waals surface area contributed by atoms with Crippen LogP contribution in [0.3, 0.4) is 0 Å². The first-order chi connectivity index (χ1) is 11.8. The van der Waals surface area contributed by atoms with E-state index in [9.17, 15) is 5.11 Å². The van der Waals surface area contributed by atoms with E-state index in [1.807, 2.05) is 37.3 Å². The summed E-state index contributed by atoms with van der Waals surface area (Å²) in [6.07, 6.45) is 1.70. The number of hydrogen-bond acceptors (Lipinski definition) is 4. The van der Waals surface area contributed by atoms with E-state index < -0.39 is 6.10 Å². The van der Waals surface area contributed by atoms with E-state index in [1.165, 1.54) is 16.7 Å². The smallest absolute Gasteiger partial charge is 0.0940 e. The Balaban J connectivity index is 0.00000225. The Morgan fingerprint density at radius 2 is 1.64 bits per heavy atom. The second-order valence-corrected chi connectivity index (χ2v) is 7.25. The Hall–Kier alpha value is -1.43. The summed E-state index contributed by atoms with van der Waals surface area (Å²) in [5, 5.41) is 22.4. The molecule has 2 unspecified atom stereocenters. The average Bonchev–Trinajstić information content (AvgIpc) is 3.32. The molecular weight excluding hydrogens is 370 g/mol. The lowest BCUT2D eigenvalue weighted by Crippen LogP contribution is -2.32. The van der Waals surface area contributed by atoms with Crippen LogP contribution in [0.25, 0.3) is 5.57 Å². The standard InChI is InChI=1S/C20H21NOS2.ClH/c1-15(20(22)16-5-3-2-4-6-16)21-10-7-19(17-8-11-23-13-17)18-9-12-24-14-18;/h2-9,11-15,20-22H,10H2,1H3;1H. The normalized spacial score (nSPS) is 12.9. The summed E-state index contributed by atoms with van der Waals surface area (Å²) < 4.78 is 0. The van der Waals surface area contributed by atoms with Gasteiger partial charge in [0, 0.05) is 12.6 Å². The number of rotatable bonds is 7. The minimum Gasteiger partial charge on any atom is -0.387 e. The molecule has 2 nitrogen and oxygen atoms in total. The third-order valence-corrected chi connectivity index (χ3v) is 5.39. The molecule has 0 aliphatic rings. The predicted molar refractivity (Wildman–Crippen MR) is 112 cm³/mol. The van der Waals surface area contributed by atoms with Crippen molar-refractivity contribution in [3.63, 3.8) is 0 Å². The molecule has 3 aromatic rings. The first-order valence-corrected chi connectivity index (χ1v) is 9.86. The number of thiophene rings is 2. The molecule has 132 valence electrons. The van der Waals surface area contributed by atoms with E-state index >= 15 is 0 Å². The van der Waals surface area contributed by atoms with Crippen LogP contribution in [0.2, 0.25) is 0 Å². The molecule has 0 fully saturated rings. The fraction of sp³-hybridized carbons (Fsp3) is 0.200. The molecule has 0 radical (unpaired) electrons. The molecule has 0 bridgehead atoms. The number of aliphatic hydroxyl groups excluding tert-OH is 1. The fourth-order valence-corrected chi connectivity index (χ4v) is 3.95. The summed E-state index contributed by atoms with van der Waals surface area (Å²) in [7, 11) is 0. The Labute approximate surface area is 163 Å². The van der Waals surface area contributed by atoms with Crippen LogP contribution in [-0.2, 0) is 0 Å². The summed E-state index contributed by atoms with van der Waals surface area (Å²) in [5.74, 6) is 0. The van der Waals surface area contributed by atoms with E-state index in [4.69, 9.17) is 0 Å². The monoisotopic (exact) mass is 391 g/mol. The molecular formula is C20H22ClNOS2. The first kappa shape index (κ1) is 19.9. The van der Waals surface area contributed by atoms with E-state index in [0.29, 0.717) is 6.54 Å². The lowest BCUT2D eigenvalue weighted by atomic mass is 10.0. The zero-order valence-electron chi connectivity index (χ0n) is 14.0. The maximum Gasteiger partial charge on any atom is 0.0940 e. The molecule has 3 rings (SSSR count). The fourth-order valence-electron chi connectivity index (χ4n) is 2.64. The van der Waals surface area contributed by atoms with Crippen molar-refractivity contribution in [1.82, 2.24) is 5.32 Å². The van der Waals surface area contributed by atoms with Crippen molar-refractivity contribution in [1.29, 1.82) is 0 Å². The summed E-state index contributed by atoms with van der Waals surface area (Å²) in [6.45, 7) is 2.73. The van der Waals surface area contributed by atoms with Crippen LogP contribution in [0.15, 0.2) is 70.1 Å². The van der Waals surface area contributed by atoms with Crippen LogP contribution < -0.4 is 5.32 Å². The second kappa shape index (κ2) is 9.90. The van der Waals surface area contributed by atoms with Gasteiger partial charge in [-0.3, -0.25) is 0 Å². The third kappa shape index (κ3) is 5.27. The molecule has 0 amide bonds. The largest absolute Gasteiger partial charge is 0.387 e.